The molecule has 1 aromatic rings. The molecule has 1 aromatic heterocycles. The zero-order chi connectivity index (χ0) is 11.5. The minimum Gasteiger partial charge on any atom is -0.478 e. The van der Waals surface area contributed by atoms with E-state index in [9.17, 15) is 9.59 Å². The topological polar surface area (TPSA) is 82.6 Å². The standard InChI is InChI=1S/C10H12N2O4/c13-9(12-1-3-16-4-2-12)7-5-11-6-8(7)10(14)15/h5-6,11H,1-4H2,(H,14,15). The molecule has 1 aliphatic rings. The SMILES string of the molecule is O=C(O)c1c[nH]cc1C(=O)N1CCOCC1. The van der Waals surface area contributed by atoms with Crippen LogP contribution in [0.15, 0.2) is 12.4 Å². The fraction of sp³-hybridized carbons (Fsp3) is 0.400. The van der Waals surface area contributed by atoms with Crippen LogP contribution in [0.4, 0.5) is 0 Å². The first-order valence-electron chi connectivity index (χ1n) is 4.97. The number of aromatic amines is 1. The summed E-state index contributed by atoms with van der Waals surface area (Å²) in [6, 6.07) is 0. The first-order chi connectivity index (χ1) is 7.70. The molecule has 0 aliphatic carbocycles. The monoisotopic (exact) mass is 224 g/mol. The van der Waals surface area contributed by atoms with Crippen molar-refractivity contribution in [3.05, 3.63) is 23.5 Å². The molecule has 1 saturated heterocycles. The first kappa shape index (κ1) is 10.7. The molecule has 0 aromatic carbocycles. The van der Waals surface area contributed by atoms with Crippen LogP contribution in [-0.2, 0) is 4.74 Å². The molecule has 6 heteroatoms. The number of rotatable bonds is 2. The number of aromatic carboxylic acids is 1. The molecule has 0 spiro atoms. The molecule has 2 rings (SSSR count). The molecule has 1 aliphatic heterocycles. The first-order valence-corrected chi connectivity index (χ1v) is 4.97. The number of aromatic nitrogens is 1. The number of morpholine rings is 1. The summed E-state index contributed by atoms with van der Waals surface area (Å²) in [7, 11) is 0. The van der Waals surface area contributed by atoms with Gasteiger partial charge in [-0.15, -0.1) is 0 Å². The number of ether oxygens (including phenoxy) is 1. The van der Waals surface area contributed by atoms with Crippen LogP contribution in [0, 0.1) is 0 Å². The number of carbonyl (C=O) groups is 2. The summed E-state index contributed by atoms with van der Waals surface area (Å²) in [5, 5.41) is 8.89. The zero-order valence-corrected chi connectivity index (χ0v) is 8.60. The fourth-order valence-corrected chi connectivity index (χ4v) is 1.65. The second kappa shape index (κ2) is 4.36. The van der Waals surface area contributed by atoms with E-state index in [4.69, 9.17) is 9.84 Å². The van der Waals surface area contributed by atoms with Gasteiger partial charge in [0, 0.05) is 25.5 Å². The summed E-state index contributed by atoms with van der Waals surface area (Å²) in [6.45, 7) is 2.00. The van der Waals surface area contributed by atoms with Crippen LogP contribution in [0.2, 0.25) is 0 Å². The van der Waals surface area contributed by atoms with E-state index in [1.54, 1.807) is 4.90 Å². The Balaban J connectivity index is 2.19. The van der Waals surface area contributed by atoms with Crippen LogP contribution >= 0.6 is 0 Å². The molecular weight excluding hydrogens is 212 g/mol. The van der Waals surface area contributed by atoms with Crippen LogP contribution in [0.1, 0.15) is 20.7 Å². The van der Waals surface area contributed by atoms with Gasteiger partial charge in [-0.25, -0.2) is 4.79 Å². The molecule has 86 valence electrons. The Morgan fingerprint density at radius 1 is 1.25 bits per heavy atom. The summed E-state index contributed by atoms with van der Waals surface area (Å²) >= 11 is 0. The van der Waals surface area contributed by atoms with Crippen LogP contribution in [0.5, 0.6) is 0 Å². The Labute approximate surface area is 91.8 Å². The van der Waals surface area contributed by atoms with E-state index in [1.165, 1.54) is 12.4 Å². The van der Waals surface area contributed by atoms with E-state index in [0.29, 0.717) is 26.3 Å². The highest BCUT2D eigenvalue weighted by molar-refractivity contribution is 6.04. The molecule has 0 saturated carbocycles. The van der Waals surface area contributed by atoms with Crippen LogP contribution < -0.4 is 0 Å². The van der Waals surface area contributed by atoms with Gasteiger partial charge in [-0.2, -0.15) is 0 Å². The van der Waals surface area contributed by atoms with E-state index in [0.717, 1.165) is 0 Å². The summed E-state index contributed by atoms with van der Waals surface area (Å²) < 4.78 is 5.13. The number of hydrogen-bond acceptors (Lipinski definition) is 3. The Bertz CT molecular complexity index is 407. The highest BCUT2D eigenvalue weighted by atomic mass is 16.5. The van der Waals surface area contributed by atoms with Crippen molar-refractivity contribution in [2.45, 2.75) is 0 Å². The van der Waals surface area contributed by atoms with Crippen LogP contribution in [0.25, 0.3) is 0 Å². The van der Waals surface area contributed by atoms with Gasteiger partial charge in [-0.05, 0) is 0 Å². The second-order valence-corrected chi connectivity index (χ2v) is 3.49. The maximum Gasteiger partial charge on any atom is 0.338 e. The van der Waals surface area contributed by atoms with Gasteiger partial charge < -0.3 is 19.7 Å². The maximum absolute atomic E-state index is 12.0. The maximum atomic E-state index is 12.0. The minimum absolute atomic E-state index is 0.0106. The molecule has 6 nitrogen and oxygen atoms in total. The van der Waals surface area contributed by atoms with Crippen molar-refractivity contribution in [2.75, 3.05) is 26.3 Å². The molecule has 16 heavy (non-hydrogen) atoms. The number of hydrogen-bond donors (Lipinski definition) is 2. The smallest absolute Gasteiger partial charge is 0.338 e. The lowest BCUT2D eigenvalue weighted by Gasteiger charge is -2.26. The molecule has 2 heterocycles. The van der Waals surface area contributed by atoms with Gasteiger partial charge >= 0.3 is 5.97 Å². The number of nitrogens with one attached hydrogen (secondary N) is 1. The third kappa shape index (κ3) is 1.92. The molecular formula is C10H12N2O4. The van der Waals surface area contributed by atoms with Crippen LogP contribution in [-0.4, -0.2) is 53.2 Å². The van der Waals surface area contributed by atoms with Gasteiger partial charge in [0.15, 0.2) is 0 Å². The quantitative estimate of drug-likeness (QED) is 0.751. The summed E-state index contributed by atoms with van der Waals surface area (Å²) in [5.74, 6) is -1.36. The van der Waals surface area contributed by atoms with Gasteiger partial charge in [-0.3, -0.25) is 4.79 Å². The lowest BCUT2D eigenvalue weighted by molar-refractivity contribution is 0.0300. The van der Waals surface area contributed by atoms with E-state index >= 15 is 0 Å². The van der Waals surface area contributed by atoms with Crippen LogP contribution in [0.3, 0.4) is 0 Å². The predicted octanol–water partition coefficient (Wildman–Crippen LogP) is 0.185. The third-order valence-electron chi connectivity index (χ3n) is 2.50. The summed E-state index contributed by atoms with van der Waals surface area (Å²) in [4.78, 5) is 27.1. The number of amides is 1. The van der Waals surface area contributed by atoms with Crippen molar-refractivity contribution in [1.29, 1.82) is 0 Å². The summed E-state index contributed by atoms with van der Waals surface area (Å²) in [5.41, 5.74) is 0.214. The third-order valence-corrected chi connectivity index (χ3v) is 2.50. The predicted molar refractivity (Wildman–Crippen MR) is 54.5 cm³/mol. The molecule has 1 fully saturated rings. The lowest BCUT2D eigenvalue weighted by Crippen LogP contribution is -2.41. The summed E-state index contributed by atoms with van der Waals surface area (Å²) in [6.07, 6.45) is 2.73. The highest BCUT2D eigenvalue weighted by Crippen LogP contribution is 2.12. The number of carbonyl (C=O) groups excluding carboxylic acids is 1. The van der Waals surface area contributed by atoms with Crippen molar-refractivity contribution in [3.8, 4) is 0 Å². The molecule has 2 N–H and O–H groups in total. The van der Waals surface area contributed by atoms with Gasteiger partial charge in [0.2, 0.25) is 0 Å². The van der Waals surface area contributed by atoms with E-state index in [-0.39, 0.29) is 17.0 Å². The average Bonchev–Trinajstić information content (AvgIpc) is 2.78. The van der Waals surface area contributed by atoms with Crippen molar-refractivity contribution < 1.29 is 19.4 Å². The normalized spacial score (nSPS) is 16.1. The molecule has 0 bridgehead atoms. The van der Waals surface area contributed by atoms with Gasteiger partial charge in [0.1, 0.15) is 0 Å². The lowest BCUT2D eigenvalue weighted by atomic mass is 10.1. The van der Waals surface area contributed by atoms with Gasteiger partial charge in [0.25, 0.3) is 5.91 Å². The highest BCUT2D eigenvalue weighted by Gasteiger charge is 2.23. The van der Waals surface area contributed by atoms with E-state index < -0.39 is 5.97 Å². The number of nitrogens with zero attached hydrogens (tertiary/aromatic N) is 1. The average molecular weight is 224 g/mol. The Kier molecular flexibility index (Phi) is 2.91. The fourth-order valence-electron chi connectivity index (χ4n) is 1.65. The van der Waals surface area contributed by atoms with Gasteiger partial charge in [0.05, 0.1) is 24.3 Å². The Hall–Kier alpha value is -1.82. The Morgan fingerprint density at radius 2 is 1.88 bits per heavy atom. The van der Waals surface area contributed by atoms with E-state index in [2.05, 4.69) is 4.98 Å². The number of H-pyrrole nitrogens is 1. The molecule has 0 unspecified atom stereocenters. The molecule has 1 amide bonds. The molecule has 0 radical (unpaired) electrons. The number of carboxylic acid groups (broad SMARTS) is 1. The van der Waals surface area contributed by atoms with E-state index in [1.807, 2.05) is 0 Å². The van der Waals surface area contributed by atoms with Crippen molar-refractivity contribution in [2.24, 2.45) is 0 Å². The zero-order valence-electron chi connectivity index (χ0n) is 8.60. The number of carboxylic acids is 1. The minimum atomic E-state index is -1.10. The largest absolute Gasteiger partial charge is 0.478 e. The van der Waals surface area contributed by atoms with Gasteiger partial charge in [-0.1, -0.05) is 0 Å². The second-order valence-electron chi connectivity index (χ2n) is 3.49. The Morgan fingerprint density at radius 3 is 2.50 bits per heavy atom. The van der Waals surface area contributed by atoms with Crippen molar-refractivity contribution >= 4 is 11.9 Å². The van der Waals surface area contributed by atoms with Crippen molar-refractivity contribution in [1.82, 2.24) is 9.88 Å². The van der Waals surface area contributed by atoms with Crippen molar-refractivity contribution in [3.63, 3.8) is 0 Å². The molecule has 0 atom stereocenters.